The molecule has 0 bridgehead atoms. The molecule has 1 rings (SSSR count). The maximum Gasteiger partial charge on any atom is 0.123 e. The number of para-hydroxylation sites is 1. The zero-order valence-electron chi connectivity index (χ0n) is 11.7. The molecule has 3 heteroatoms. The fourth-order valence-electron chi connectivity index (χ4n) is 2.03. The number of nitrogens with zero attached hydrogens (tertiary/aromatic N) is 1. The van der Waals surface area contributed by atoms with Gasteiger partial charge in [0.05, 0.1) is 6.61 Å². The predicted molar refractivity (Wildman–Crippen MR) is 76.9 cm³/mol. The quantitative estimate of drug-likeness (QED) is 0.685. The average Bonchev–Trinajstić information content (AvgIpc) is 2.42. The standard InChI is InChI=1S/C15H26N2O/c1-3-10-17(4-2)11-7-12-18-15-9-6-5-8-14(15)13-16/h5-6,8-9H,3-4,7,10-13,16H2,1-2H3. The molecular formula is C15H26N2O. The van der Waals surface area contributed by atoms with Gasteiger partial charge in [-0.15, -0.1) is 0 Å². The third-order valence-electron chi connectivity index (χ3n) is 3.06. The molecule has 3 nitrogen and oxygen atoms in total. The van der Waals surface area contributed by atoms with Crippen LogP contribution in [-0.2, 0) is 6.54 Å². The number of rotatable bonds is 9. The van der Waals surface area contributed by atoms with E-state index < -0.39 is 0 Å². The minimum atomic E-state index is 0.535. The molecule has 0 atom stereocenters. The normalized spacial score (nSPS) is 10.9. The average molecular weight is 250 g/mol. The van der Waals surface area contributed by atoms with Crippen LogP contribution in [0.1, 0.15) is 32.3 Å². The number of ether oxygens (including phenoxy) is 1. The highest BCUT2D eigenvalue weighted by Crippen LogP contribution is 2.17. The van der Waals surface area contributed by atoms with Crippen LogP contribution in [0.3, 0.4) is 0 Å². The fraction of sp³-hybridized carbons (Fsp3) is 0.600. The fourth-order valence-corrected chi connectivity index (χ4v) is 2.03. The monoisotopic (exact) mass is 250 g/mol. The zero-order chi connectivity index (χ0) is 13.2. The van der Waals surface area contributed by atoms with Crippen LogP contribution < -0.4 is 10.5 Å². The SMILES string of the molecule is CCCN(CC)CCCOc1ccccc1CN. The third kappa shape index (κ3) is 5.07. The van der Waals surface area contributed by atoms with Gasteiger partial charge < -0.3 is 15.4 Å². The first-order valence-electron chi connectivity index (χ1n) is 6.94. The highest BCUT2D eigenvalue weighted by Gasteiger charge is 2.02. The lowest BCUT2D eigenvalue weighted by atomic mass is 10.2. The van der Waals surface area contributed by atoms with Crippen LogP contribution >= 0.6 is 0 Å². The number of hydrogen-bond acceptors (Lipinski definition) is 3. The Morgan fingerprint density at radius 1 is 1.17 bits per heavy atom. The molecule has 0 saturated carbocycles. The second kappa shape index (κ2) is 8.95. The molecule has 0 heterocycles. The zero-order valence-corrected chi connectivity index (χ0v) is 11.7. The summed E-state index contributed by atoms with van der Waals surface area (Å²) in [7, 11) is 0. The molecule has 0 radical (unpaired) electrons. The largest absolute Gasteiger partial charge is 0.493 e. The Balaban J connectivity index is 2.28. The van der Waals surface area contributed by atoms with Gasteiger partial charge in [-0.2, -0.15) is 0 Å². The van der Waals surface area contributed by atoms with Crippen molar-refractivity contribution in [2.75, 3.05) is 26.2 Å². The molecule has 0 saturated heterocycles. The Kier molecular flexibility index (Phi) is 7.46. The van der Waals surface area contributed by atoms with Crippen LogP contribution in [-0.4, -0.2) is 31.1 Å². The molecule has 0 aliphatic heterocycles. The van der Waals surface area contributed by atoms with Crippen LogP contribution in [0.5, 0.6) is 5.75 Å². The van der Waals surface area contributed by atoms with Crippen molar-refractivity contribution in [2.45, 2.75) is 33.2 Å². The first-order chi connectivity index (χ1) is 8.81. The molecule has 1 aromatic carbocycles. The van der Waals surface area contributed by atoms with Gasteiger partial charge in [-0.1, -0.05) is 32.0 Å². The van der Waals surface area contributed by atoms with Gasteiger partial charge in [0.1, 0.15) is 5.75 Å². The van der Waals surface area contributed by atoms with Crippen LogP contribution in [0.15, 0.2) is 24.3 Å². The number of hydrogen-bond donors (Lipinski definition) is 1. The van der Waals surface area contributed by atoms with E-state index in [1.807, 2.05) is 24.3 Å². The third-order valence-corrected chi connectivity index (χ3v) is 3.06. The van der Waals surface area contributed by atoms with Gasteiger partial charge in [-0.05, 0) is 32.0 Å². The van der Waals surface area contributed by atoms with Crippen molar-refractivity contribution in [1.29, 1.82) is 0 Å². The second-order valence-corrected chi connectivity index (χ2v) is 4.45. The van der Waals surface area contributed by atoms with E-state index in [4.69, 9.17) is 10.5 Å². The van der Waals surface area contributed by atoms with Crippen LogP contribution in [0.4, 0.5) is 0 Å². The number of benzene rings is 1. The van der Waals surface area contributed by atoms with Gasteiger partial charge in [0.25, 0.3) is 0 Å². The van der Waals surface area contributed by atoms with Gasteiger partial charge in [0.2, 0.25) is 0 Å². The molecule has 18 heavy (non-hydrogen) atoms. The highest BCUT2D eigenvalue weighted by atomic mass is 16.5. The lowest BCUT2D eigenvalue weighted by molar-refractivity contribution is 0.241. The van der Waals surface area contributed by atoms with E-state index in [0.29, 0.717) is 6.54 Å². The number of nitrogens with two attached hydrogens (primary N) is 1. The van der Waals surface area contributed by atoms with Crippen molar-refractivity contribution in [1.82, 2.24) is 4.90 Å². The molecule has 0 fully saturated rings. The first-order valence-corrected chi connectivity index (χ1v) is 6.94. The predicted octanol–water partition coefficient (Wildman–Crippen LogP) is 2.65. The van der Waals surface area contributed by atoms with Crippen LogP contribution in [0.25, 0.3) is 0 Å². The van der Waals surface area contributed by atoms with E-state index in [1.165, 1.54) is 13.0 Å². The molecule has 0 spiro atoms. The lowest BCUT2D eigenvalue weighted by Gasteiger charge is -2.19. The van der Waals surface area contributed by atoms with E-state index in [-0.39, 0.29) is 0 Å². The second-order valence-electron chi connectivity index (χ2n) is 4.45. The minimum Gasteiger partial charge on any atom is -0.493 e. The van der Waals surface area contributed by atoms with Gasteiger partial charge in [-0.25, -0.2) is 0 Å². The van der Waals surface area contributed by atoms with Gasteiger partial charge in [0.15, 0.2) is 0 Å². The van der Waals surface area contributed by atoms with Crippen molar-refractivity contribution in [3.8, 4) is 5.75 Å². The van der Waals surface area contributed by atoms with Crippen molar-refractivity contribution >= 4 is 0 Å². The van der Waals surface area contributed by atoms with E-state index in [2.05, 4.69) is 18.7 Å². The molecular weight excluding hydrogens is 224 g/mol. The van der Waals surface area contributed by atoms with E-state index in [0.717, 1.165) is 37.4 Å². The molecule has 2 N–H and O–H groups in total. The highest BCUT2D eigenvalue weighted by molar-refractivity contribution is 5.32. The van der Waals surface area contributed by atoms with Crippen LogP contribution in [0.2, 0.25) is 0 Å². The summed E-state index contributed by atoms with van der Waals surface area (Å²) < 4.78 is 5.79. The summed E-state index contributed by atoms with van der Waals surface area (Å²) in [5.74, 6) is 0.929. The topological polar surface area (TPSA) is 38.5 Å². The minimum absolute atomic E-state index is 0.535. The van der Waals surface area contributed by atoms with Crippen molar-refractivity contribution in [3.63, 3.8) is 0 Å². The summed E-state index contributed by atoms with van der Waals surface area (Å²) >= 11 is 0. The molecule has 0 aliphatic carbocycles. The Hall–Kier alpha value is -1.06. The summed E-state index contributed by atoms with van der Waals surface area (Å²) in [5, 5.41) is 0. The summed E-state index contributed by atoms with van der Waals surface area (Å²) in [5.41, 5.74) is 6.76. The van der Waals surface area contributed by atoms with Gasteiger partial charge in [0, 0.05) is 18.7 Å². The summed E-state index contributed by atoms with van der Waals surface area (Å²) in [6.45, 7) is 9.12. The summed E-state index contributed by atoms with van der Waals surface area (Å²) in [6, 6.07) is 8.00. The molecule has 0 amide bonds. The van der Waals surface area contributed by atoms with E-state index in [1.54, 1.807) is 0 Å². The smallest absolute Gasteiger partial charge is 0.123 e. The van der Waals surface area contributed by atoms with E-state index in [9.17, 15) is 0 Å². The Morgan fingerprint density at radius 2 is 1.94 bits per heavy atom. The maximum absolute atomic E-state index is 5.79. The molecule has 0 unspecified atom stereocenters. The molecule has 102 valence electrons. The molecule has 0 aromatic heterocycles. The Labute approximate surface area is 111 Å². The Morgan fingerprint density at radius 3 is 2.61 bits per heavy atom. The van der Waals surface area contributed by atoms with Gasteiger partial charge in [-0.3, -0.25) is 0 Å². The lowest BCUT2D eigenvalue weighted by Crippen LogP contribution is -2.26. The van der Waals surface area contributed by atoms with Crippen molar-refractivity contribution in [3.05, 3.63) is 29.8 Å². The molecule has 0 aliphatic rings. The van der Waals surface area contributed by atoms with Crippen LogP contribution in [0, 0.1) is 0 Å². The summed E-state index contributed by atoms with van der Waals surface area (Å²) in [4.78, 5) is 2.46. The summed E-state index contributed by atoms with van der Waals surface area (Å²) in [6.07, 6.45) is 2.28. The van der Waals surface area contributed by atoms with Crippen molar-refractivity contribution < 1.29 is 4.74 Å². The van der Waals surface area contributed by atoms with Crippen molar-refractivity contribution in [2.24, 2.45) is 5.73 Å². The first kappa shape index (κ1) is 15.0. The Bertz CT molecular complexity index is 328. The van der Waals surface area contributed by atoms with E-state index >= 15 is 0 Å². The molecule has 1 aromatic rings. The maximum atomic E-state index is 5.79. The van der Waals surface area contributed by atoms with Gasteiger partial charge >= 0.3 is 0 Å².